The molecule has 0 radical (unpaired) electrons. The maximum Gasteiger partial charge on any atom is 0.350 e. The average molecular weight is 458 g/mol. The lowest BCUT2D eigenvalue weighted by molar-refractivity contribution is -0.128. The number of hydrogen-bond acceptors (Lipinski definition) is 5. The predicted molar refractivity (Wildman–Crippen MR) is 125 cm³/mol. The maximum atomic E-state index is 13.4. The van der Waals surface area contributed by atoms with Crippen LogP contribution in [0.3, 0.4) is 0 Å². The topological polar surface area (TPSA) is 108 Å². The number of carbonyl (C=O) groups is 4. The summed E-state index contributed by atoms with van der Waals surface area (Å²) in [6.45, 7) is 0. The summed E-state index contributed by atoms with van der Waals surface area (Å²) < 4.78 is 5.17. The van der Waals surface area contributed by atoms with Gasteiger partial charge in [0.05, 0.1) is 19.2 Å². The molecule has 1 fully saturated rings. The van der Waals surface area contributed by atoms with Crippen molar-refractivity contribution in [2.75, 3.05) is 17.3 Å². The highest BCUT2D eigenvalue weighted by Crippen LogP contribution is 2.25. The number of urea groups is 1. The zero-order chi connectivity index (χ0) is 24.1. The van der Waals surface area contributed by atoms with Gasteiger partial charge in [-0.25, -0.2) is 14.7 Å². The van der Waals surface area contributed by atoms with Crippen LogP contribution in [0.15, 0.2) is 84.9 Å². The lowest BCUT2D eigenvalue weighted by atomic mass is 10.1. The minimum absolute atomic E-state index is 0.297. The molecule has 9 heteroatoms. The van der Waals surface area contributed by atoms with Crippen molar-refractivity contribution in [2.45, 2.75) is 12.5 Å². The van der Waals surface area contributed by atoms with E-state index >= 15 is 0 Å². The van der Waals surface area contributed by atoms with Crippen LogP contribution in [-0.4, -0.2) is 41.9 Å². The second-order valence-corrected chi connectivity index (χ2v) is 7.47. The molecule has 2 N–H and O–H groups in total. The molecule has 4 rings (SSSR count). The maximum absolute atomic E-state index is 13.4. The van der Waals surface area contributed by atoms with E-state index in [1.807, 2.05) is 0 Å². The van der Waals surface area contributed by atoms with E-state index in [2.05, 4.69) is 10.7 Å². The fraction of sp³-hybridized carbons (Fsp3) is 0.120. The van der Waals surface area contributed by atoms with Crippen LogP contribution in [-0.2, 0) is 9.59 Å². The Hall–Kier alpha value is -4.66. The molecule has 0 bridgehead atoms. The molecule has 1 aliphatic heterocycles. The van der Waals surface area contributed by atoms with Gasteiger partial charge in [0.15, 0.2) is 0 Å². The van der Waals surface area contributed by atoms with Gasteiger partial charge in [0.2, 0.25) is 11.8 Å². The molecule has 0 aromatic heterocycles. The molecule has 1 aliphatic rings. The van der Waals surface area contributed by atoms with Crippen molar-refractivity contribution in [3.63, 3.8) is 0 Å². The van der Waals surface area contributed by atoms with Crippen molar-refractivity contribution < 1.29 is 23.9 Å². The number of methoxy groups -OCH3 is 1. The van der Waals surface area contributed by atoms with Gasteiger partial charge in [0.25, 0.3) is 5.91 Å². The average Bonchev–Trinajstić information content (AvgIpc) is 2.86. The molecule has 1 unspecified atom stereocenters. The van der Waals surface area contributed by atoms with E-state index in [-0.39, 0.29) is 6.42 Å². The number of anilines is 2. The number of benzene rings is 3. The molecule has 1 saturated heterocycles. The molecular weight excluding hydrogens is 436 g/mol. The quantitative estimate of drug-likeness (QED) is 0.590. The lowest BCUT2D eigenvalue weighted by Crippen LogP contribution is -2.65. The summed E-state index contributed by atoms with van der Waals surface area (Å²) in [7, 11) is 1.50. The third kappa shape index (κ3) is 4.73. The van der Waals surface area contributed by atoms with Gasteiger partial charge in [-0.2, -0.15) is 0 Å². The van der Waals surface area contributed by atoms with Crippen molar-refractivity contribution in [3.05, 3.63) is 90.5 Å². The van der Waals surface area contributed by atoms with E-state index < -0.39 is 29.8 Å². The Morgan fingerprint density at radius 3 is 2.26 bits per heavy atom. The van der Waals surface area contributed by atoms with Crippen LogP contribution < -0.4 is 20.4 Å². The van der Waals surface area contributed by atoms with Gasteiger partial charge in [0.1, 0.15) is 11.8 Å². The summed E-state index contributed by atoms with van der Waals surface area (Å²) in [5.74, 6) is -1.25. The second-order valence-electron chi connectivity index (χ2n) is 7.47. The standard InChI is InChI=1S/C25H22N4O5/c1-34-20-14-8-11-18(15-20)26-24(32)21-16-22(30)28(19-12-6-3-7-13-19)25(33)29(21)27-23(31)17-9-4-2-5-10-17/h2-15,21H,16H2,1H3,(H,26,32)(H,27,31). The number of nitrogens with one attached hydrogen (secondary N) is 2. The molecule has 5 amide bonds. The summed E-state index contributed by atoms with van der Waals surface area (Å²) in [4.78, 5) is 53.3. The first-order valence-corrected chi connectivity index (χ1v) is 10.5. The van der Waals surface area contributed by atoms with Gasteiger partial charge < -0.3 is 10.1 Å². The number of rotatable bonds is 6. The van der Waals surface area contributed by atoms with Gasteiger partial charge >= 0.3 is 6.03 Å². The van der Waals surface area contributed by atoms with Crippen LogP contribution in [0.25, 0.3) is 0 Å². The largest absolute Gasteiger partial charge is 0.497 e. The molecule has 172 valence electrons. The van der Waals surface area contributed by atoms with Crippen LogP contribution >= 0.6 is 0 Å². The summed E-state index contributed by atoms with van der Waals surface area (Å²) in [5.41, 5.74) is 3.56. The molecule has 1 atom stereocenters. The van der Waals surface area contributed by atoms with E-state index in [1.165, 1.54) is 7.11 Å². The number of amides is 5. The molecule has 3 aromatic carbocycles. The Bertz CT molecular complexity index is 1220. The van der Waals surface area contributed by atoms with E-state index in [1.54, 1.807) is 84.9 Å². The highest BCUT2D eigenvalue weighted by molar-refractivity contribution is 6.19. The Morgan fingerprint density at radius 1 is 0.912 bits per heavy atom. The zero-order valence-electron chi connectivity index (χ0n) is 18.3. The third-order valence-electron chi connectivity index (χ3n) is 5.24. The van der Waals surface area contributed by atoms with Gasteiger partial charge in [-0.1, -0.05) is 42.5 Å². The number of imide groups is 1. The number of hydrogen-bond donors (Lipinski definition) is 2. The lowest BCUT2D eigenvalue weighted by Gasteiger charge is -2.38. The Morgan fingerprint density at radius 2 is 1.59 bits per heavy atom. The predicted octanol–water partition coefficient (Wildman–Crippen LogP) is 3.21. The summed E-state index contributed by atoms with van der Waals surface area (Å²) in [6, 6.07) is 21.2. The number of nitrogens with zero attached hydrogens (tertiary/aromatic N) is 2. The SMILES string of the molecule is COc1cccc(NC(=O)C2CC(=O)N(c3ccccc3)C(=O)N2NC(=O)c2ccccc2)c1. The Labute approximate surface area is 195 Å². The van der Waals surface area contributed by atoms with Gasteiger partial charge in [-0.3, -0.25) is 19.8 Å². The summed E-state index contributed by atoms with van der Waals surface area (Å²) in [6.07, 6.45) is -0.328. The summed E-state index contributed by atoms with van der Waals surface area (Å²) in [5, 5.41) is 3.59. The Kier molecular flexibility index (Phi) is 6.54. The highest BCUT2D eigenvalue weighted by atomic mass is 16.5. The second kappa shape index (κ2) is 9.86. The van der Waals surface area contributed by atoms with Crippen molar-refractivity contribution in [1.29, 1.82) is 0 Å². The number of carbonyl (C=O) groups excluding carboxylic acids is 4. The third-order valence-corrected chi connectivity index (χ3v) is 5.24. The van der Waals surface area contributed by atoms with Gasteiger partial charge in [0, 0.05) is 17.3 Å². The molecule has 0 spiro atoms. The molecule has 9 nitrogen and oxygen atoms in total. The van der Waals surface area contributed by atoms with Crippen LogP contribution in [0, 0.1) is 0 Å². The molecule has 0 saturated carbocycles. The highest BCUT2D eigenvalue weighted by Gasteiger charge is 2.44. The molecule has 3 aromatic rings. The molecule has 0 aliphatic carbocycles. The van der Waals surface area contributed by atoms with Crippen molar-refractivity contribution in [1.82, 2.24) is 10.4 Å². The monoisotopic (exact) mass is 458 g/mol. The first-order chi connectivity index (χ1) is 16.5. The van der Waals surface area contributed by atoms with Crippen molar-refractivity contribution >= 4 is 35.1 Å². The minimum atomic E-state index is -1.26. The normalized spacial score (nSPS) is 15.6. The van der Waals surface area contributed by atoms with Gasteiger partial charge in [-0.15, -0.1) is 0 Å². The van der Waals surface area contributed by atoms with Crippen LogP contribution in [0.4, 0.5) is 16.2 Å². The first-order valence-electron chi connectivity index (χ1n) is 10.5. The minimum Gasteiger partial charge on any atom is -0.497 e. The van der Waals surface area contributed by atoms with Crippen LogP contribution in [0.2, 0.25) is 0 Å². The van der Waals surface area contributed by atoms with Crippen LogP contribution in [0.5, 0.6) is 5.75 Å². The van der Waals surface area contributed by atoms with Crippen LogP contribution in [0.1, 0.15) is 16.8 Å². The number of hydrazine groups is 1. The fourth-order valence-electron chi connectivity index (χ4n) is 3.55. The first kappa shape index (κ1) is 22.5. The Balaban J connectivity index is 1.64. The number of para-hydroxylation sites is 1. The van der Waals surface area contributed by atoms with Crippen molar-refractivity contribution in [2.24, 2.45) is 0 Å². The molecule has 1 heterocycles. The summed E-state index contributed by atoms with van der Waals surface area (Å²) >= 11 is 0. The van der Waals surface area contributed by atoms with E-state index in [0.717, 1.165) is 9.91 Å². The smallest absolute Gasteiger partial charge is 0.350 e. The molecular formula is C25H22N4O5. The fourth-order valence-corrected chi connectivity index (χ4v) is 3.55. The zero-order valence-corrected chi connectivity index (χ0v) is 18.3. The van der Waals surface area contributed by atoms with Crippen molar-refractivity contribution in [3.8, 4) is 5.75 Å². The van der Waals surface area contributed by atoms with E-state index in [4.69, 9.17) is 4.74 Å². The number of ether oxygens (including phenoxy) is 1. The van der Waals surface area contributed by atoms with E-state index in [0.29, 0.717) is 22.7 Å². The van der Waals surface area contributed by atoms with Gasteiger partial charge in [-0.05, 0) is 36.4 Å². The van der Waals surface area contributed by atoms with E-state index in [9.17, 15) is 19.2 Å². The molecule has 34 heavy (non-hydrogen) atoms.